The van der Waals surface area contributed by atoms with Crippen LogP contribution in [0, 0.1) is 10.1 Å². The van der Waals surface area contributed by atoms with Crippen molar-refractivity contribution < 1.29 is 4.92 Å². The Morgan fingerprint density at radius 2 is 2.04 bits per heavy atom. The van der Waals surface area contributed by atoms with E-state index in [1.54, 1.807) is 16.9 Å². The van der Waals surface area contributed by atoms with Crippen LogP contribution in [0.2, 0.25) is 0 Å². The summed E-state index contributed by atoms with van der Waals surface area (Å²) in [6.07, 6.45) is 1.61. The zero-order valence-corrected chi connectivity index (χ0v) is 15.6. The fourth-order valence-electron chi connectivity index (χ4n) is 2.46. The quantitative estimate of drug-likeness (QED) is 0.378. The van der Waals surface area contributed by atoms with Crippen LogP contribution < -0.4 is 0 Å². The Bertz CT molecular complexity index is 1090. The van der Waals surface area contributed by atoms with Crippen LogP contribution in [0.3, 0.4) is 0 Å². The molecule has 0 saturated heterocycles. The van der Waals surface area contributed by atoms with E-state index in [1.165, 1.54) is 23.9 Å². The van der Waals surface area contributed by atoms with Crippen molar-refractivity contribution in [1.29, 1.82) is 0 Å². The average molecular weight is 431 g/mol. The van der Waals surface area contributed by atoms with Crippen molar-refractivity contribution in [2.75, 3.05) is 0 Å². The van der Waals surface area contributed by atoms with Crippen LogP contribution in [-0.2, 0) is 6.54 Å². The van der Waals surface area contributed by atoms with Crippen LogP contribution in [0.4, 0.5) is 5.69 Å². The van der Waals surface area contributed by atoms with Crippen LogP contribution >= 0.6 is 27.7 Å². The van der Waals surface area contributed by atoms with Gasteiger partial charge in [-0.3, -0.25) is 19.9 Å². The van der Waals surface area contributed by atoms with E-state index in [9.17, 15) is 10.1 Å². The van der Waals surface area contributed by atoms with E-state index < -0.39 is 4.92 Å². The molecule has 10 heteroatoms. The van der Waals surface area contributed by atoms with E-state index in [2.05, 4.69) is 36.2 Å². The summed E-state index contributed by atoms with van der Waals surface area (Å²) in [5.41, 5.74) is 0.846. The highest BCUT2D eigenvalue weighted by Gasteiger charge is 2.12. The maximum Gasteiger partial charge on any atom is 0.270 e. The number of benzene rings is 2. The van der Waals surface area contributed by atoms with Crippen molar-refractivity contribution >= 4 is 44.3 Å². The summed E-state index contributed by atoms with van der Waals surface area (Å²) in [7, 11) is 0. The highest BCUT2D eigenvalue weighted by molar-refractivity contribution is 9.10. The molecule has 0 radical (unpaired) electrons. The first-order chi connectivity index (χ1) is 12.6. The zero-order valence-electron chi connectivity index (χ0n) is 13.2. The molecule has 0 bridgehead atoms. The summed E-state index contributed by atoms with van der Waals surface area (Å²) in [5.74, 6) is 0.660. The summed E-state index contributed by atoms with van der Waals surface area (Å²) in [5, 5.41) is 23.6. The monoisotopic (exact) mass is 430 g/mol. The second-order valence-corrected chi connectivity index (χ2v) is 7.38. The van der Waals surface area contributed by atoms with Gasteiger partial charge >= 0.3 is 0 Å². The first-order valence-electron chi connectivity index (χ1n) is 7.53. The van der Waals surface area contributed by atoms with Crippen molar-refractivity contribution in [3.8, 4) is 0 Å². The van der Waals surface area contributed by atoms with Gasteiger partial charge in [0.25, 0.3) is 5.69 Å². The molecule has 0 spiro atoms. The first kappa shape index (κ1) is 16.7. The van der Waals surface area contributed by atoms with Gasteiger partial charge in [-0.1, -0.05) is 15.9 Å². The molecule has 4 rings (SSSR count). The lowest BCUT2D eigenvalue weighted by Crippen LogP contribution is -2.03. The molecule has 0 atom stereocenters. The molecule has 2 heterocycles. The third-order valence-corrected chi connectivity index (χ3v) is 5.07. The van der Waals surface area contributed by atoms with Crippen LogP contribution in [-0.4, -0.2) is 29.9 Å². The Morgan fingerprint density at radius 1 is 1.23 bits per heavy atom. The molecule has 26 heavy (non-hydrogen) atoms. The van der Waals surface area contributed by atoms with Gasteiger partial charge < -0.3 is 0 Å². The van der Waals surface area contributed by atoms with Crippen LogP contribution in [0.15, 0.2) is 63.2 Å². The van der Waals surface area contributed by atoms with E-state index in [0.29, 0.717) is 22.9 Å². The Hall–Kier alpha value is -2.72. The number of nitro benzene ring substituents is 1. The summed E-state index contributed by atoms with van der Waals surface area (Å²) >= 11 is 4.87. The number of non-ortho nitro benzene ring substituents is 1. The Balaban J connectivity index is 1.53. The summed E-state index contributed by atoms with van der Waals surface area (Å²) < 4.78 is 2.75. The number of halogens is 1. The number of rotatable bonds is 5. The van der Waals surface area contributed by atoms with Gasteiger partial charge in [-0.25, -0.2) is 4.98 Å². The number of H-pyrrole nitrogens is 1. The Labute approximate surface area is 159 Å². The van der Waals surface area contributed by atoms with Gasteiger partial charge in [-0.2, -0.15) is 5.10 Å². The van der Waals surface area contributed by atoms with Gasteiger partial charge in [-0.15, -0.1) is 5.10 Å². The van der Waals surface area contributed by atoms with Crippen molar-refractivity contribution in [3.05, 3.63) is 69.1 Å². The lowest BCUT2D eigenvalue weighted by molar-refractivity contribution is -0.384. The number of nitro groups is 1. The largest absolute Gasteiger partial charge is 0.270 e. The minimum atomic E-state index is -0.418. The molecule has 1 N–H and O–H groups in total. The molecule has 4 aromatic rings. The van der Waals surface area contributed by atoms with Crippen molar-refractivity contribution in [3.63, 3.8) is 0 Å². The molecule has 2 aromatic carbocycles. The minimum Gasteiger partial charge on any atom is -0.261 e. The third kappa shape index (κ3) is 3.46. The Kier molecular flexibility index (Phi) is 4.43. The van der Waals surface area contributed by atoms with Gasteiger partial charge in [0, 0.05) is 26.9 Å². The standard InChI is InChI=1S/C16H11BrN6O2S/c17-11-1-4-13(5-2-11)26-16-19-15(20-21-16)9-22-14-6-3-12(23(24)25)7-10(14)8-18-22/h1-8H,9H2,(H,19,20,21). The van der Waals surface area contributed by atoms with Gasteiger partial charge in [0.1, 0.15) is 12.4 Å². The zero-order chi connectivity index (χ0) is 18.1. The van der Waals surface area contributed by atoms with Crippen molar-refractivity contribution in [2.45, 2.75) is 16.6 Å². The lowest BCUT2D eigenvalue weighted by Gasteiger charge is -2.00. The molecule has 0 aliphatic heterocycles. The highest BCUT2D eigenvalue weighted by Crippen LogP contribution is 2.26. The molecule has 2 aromatic heterocycles. The summed E-state index contributed by atoms with van der Waals surface area (Å²) in [6.45, 7) is 0.398. The second-order valence-electron chi connectivity index (χ2n) is 5.42. The third-order valence-electron chi connectivity index (χ3n) is 3.67. The summed E-state index contributed by atoms with van der Waals surface area (Å²) in [6, 6.07) is 12.6. The van der Waals surface area contributed by atoms with Crippen LogP contribution in [0.25, 0.3) is 10.9 Å². The van der Waals surface area contributed by atoms with Gasteiger partial charge in [0.2, 0.25) is 5.16 Å². The number of nitrogens with zero attached hydrogens (tertiary/aromatic N) is 5. The molecule has 0 unspecified atom stereocenters. The molecular formula is C16H11BrN6O2S. The molecule has 0 aliphatic carbocycles. The average Bonchev–Trinajstić information content (AvgIpc) is 3.24. The van der Waals surface area contributed by atoms with E-state index in [1.807, 2.05) is 24.3 Å². The van der Waals surface area contributed by atoms with Gasteiger partial charge in [0.05, 0.1) is 16.6 Å². The SMILES string of the molecule is O=[N+]([O-])c1ccc2c(cnn2Cc2nc(Sc3ccc(Br)cc3)n[nH]2)c1. The number of nitrogens with one attached hydrogen (secondary N) is 1. The van der Waals surface area contributed by atoms with Gasteiger partial charge in [-0.05, 0) is 42.1 Å². The topological polar surface area (TPSA) is 103 Å². The fraction of sp³-hybridized carbons (Fsp3) is 0.0625. The highest BCUT2D eigenvalue weighted by atomic mass is 79.9. The predicted octanol–water partition coefficient (Wildman–Crippen LogP) is 4.02. The normalized spacial score (nSPS) is 11.1. The predicted molar refractivity (Wildman–Crippen MR) is 100 cm³/mol. The van der Waals surface area contributed by atoms with Crippen LogP contribution in [0.1, 0.15) is 5.82 Å². The maximum absolute atomic E-state index is 10.9. The number of hydrogen-bond donors (Lipinski definition) is 1. The fourth-order valence-corrected chi connectivity index (χ4v) is 3.45. The molecule has 8 nitrogen and oxygen atoms in total. The number of aromatic amines is 1. The van der Waals surface area contributed by atoms with E-state index >= 15 is 0 Å². The molecule has 0 saturated carbocycles. The Morgan fingerprint density at radius 3 is 2.81 bits per heavy atom. The number of aromatic nitrogens is 5. The number of hydrogen-bond acceptors (Lipinski definition) is 6. The smallest absolute Gasteiger partial charge is 0.261 e. The lowest BCUT2D eigenvalue weighted by atomic mass is 10.2. The molecular weight excluding hydrogens is 420 g/mol. The molecule has 0 amide bonds. The second kappa shape index (κ2) is 6.89. The van der Waals surface area contributed by atoms with Crippen LogP contribution in [0.5, 0.6) is 0 Å². The van der Waals surface area contributed by atoms with Crippen molar-refractivity contribution in [2.24, 2.45) is 0 Å². The molecule has 130 valence electrons. The van der Waals surface area contributed by atoms with E-state index in [4.69, 9.17) is 0 Å². The molecule has 0 aliphatic rings. The van der Waals surface area contributed by atoms with Crippen molar-refractivity contribution in [1.82, 2.24) is 25.0 Å². The first-order valence-corrected chi connectivity index (χ1v) is 9.14. The van der Waals surface area contributed by atoms with E-state index in [-0.39, 0.29) is 5.69 Å². The minimum absolute atomic E-state index is 0.0462. The molecule has 0 fully saturated rings. The summed E-state index contributed by atoms with van der Waals surface area (Å²) in [4.78, 5) is 16.0. The van der Waals surface area contributed by atoms with E-state index in [0.717, 1.165) is 14.9 Å². The maximum atomic E-state index is 10.9. The van der Waals surface area contributed by atoms with Gasteiger partial charge in [0.15, 0.2) is 0 Å². The number of fused-ring (bicyclic) bond motifs is 1.